The summed E-state index contributed by atoms with van der Waals surface area (Å²) in [5.41, 5.74) is 2.66. The van der Waals surface area contributed by atoms with Gasteiger partial charge in [0.2, 0.25) is 0 Å². The number of carbonyl (C=O) groups excluding carboxylic acids is 2. The van der Waals surface area contributed by atoms with E-state index in [0.717, 1.165) is 24.0 Å². The van der Waals surface area contributed by atoms with Crippen LogP contribution in [0, 0.1) is 11.7 Å². The van der Waals surface area contributed by atoms with Crippen molar-refractivity contribution in [1.82, 2.24) is 9.80 Å². The van der Waals surface area contributed by atoms with Crippen LogP contribution in [-0.4, -0.2) is 40.7 Å². The van der Waals surface area contributed by atoms with E-state index in [1.165, 1.54) is 12.1 Å². The average Bonchev–Trinajstić information content (AvgIpc) is 3.20. The van der Waals surface area contributed by atoms with Crippen LogP contribution in [0.2, 0.25) is 0 Å². The summed E-state index contributed by atoms with van der Waals surface area (Å²) in [6.07, 6.45) is 1.74. The molecule has 2 aromatic carbocycles. The van der Waals surface area contributed by atoms with Gasteiger partial charge in [0.25, 0.3) is 11.8 Å². The van der Waals surface area contributed by atoms with E-state index in [1.807, 2.05) is 36.9 Å². The highest BCUT2D eigenvalue weighted by Gasteiger charge is 2.44. The normalized spacial score (nSPS) is 20.7. The second kappa shape index (κ2) is 8.05. The van der Waals surface area contributed by atoms with Crippen molar-refractivity contribution in [2.45, 2.75) is 38.8 Å². The molecule has 2 amide bonds. The molecule has 0 unspecified atom stereocenters. The number of carbonyl (C=O) groups is 2. The lowest BCUT2D eigenvalue weighted by atomic mass is 9.91. The molecule has 0 aliphatic carbocycles. The highest BCUT2D eigenvalue weighted by molar-refractivity contribution is 5.99. The van der Waals surface area contributed by atoms with Gasteiger partial charge in [-0.25, -0.2) is 4.39 Å². The Morgan fingerprint density at radius 1 is 1.23 bits per heavy atom. The molecule has 2 heterocycles. The molecule has 0 N–H and O–H groups in total. The predicted octanol–water partition coefficient (Wildman–Crippen LogP) is 4.68. The molecule has 1 fully saturated rings. The standard InChI is InChI=1S/C25H27FN2O2/c1-16(2)15-28(24(29)18-8-5-4-6-9-18)23-21-14-19(26)11-12-20(21)17(3)22-10-7-13-27(22)25(23)30/h4-6,8-9,11-12,14,16,22-23H,3,7,10,13,15H2,1-2H3/t22-,23-/m1/s1. The summed E-state index contributed by atoms with van der Waals surface area (Å²) >= 11 is 0. The van der Waals surface area contributed by atoms with E-state index in [0.29, 0.717) is 24.2 Å². The second-order valence-corrected chi connectivity index (χ2v) is 8.57. The smallest absolute Gasteiger partial charge is 0.254 e. The fourth-order valence-electron chi connectivity index (χ4n) is 4.66. The molecule has 0 radical (unpaired) electrons. The SMILES string of the molecule is C=C1c2ccc(F)cc2[C@@H](N(CC(C)C)C(=O)c2ccccc2)C(=O)N2CCC[C@H]12. The van der Waals surface area contributed by atoms with Gasteiger partial charge in [0.15, 0.2) is 0 Å². The summed E-state index contributed by atoms with van der Waals surface area (Å²) in [5.74, 6) is -0.643. The second-order valence-electron chi connectivity index (χ2n) is 8.57. The van der Waals surface area contributed by atoms with Crippen LogP contribution in [0.5, 0.6) is 0 Å². The Bertz CT molecular complexity index is 986. The van der Waals surface area contributed by atoms with E-state index < -0.39 is 11.9 Å². The van der Waals surface area contributed by atoms with Gasteiger partial charge >= 0.3 is 0 Å². The molecule has 0 saturated carbocycles. The summed E-state index contributed by atoms with van der Waals surface area (Å²) in [6, 6.07) is 12.5. The van der Waals surface area contributed by atoms with Crippen molar-refractivity contribution in [1.29, 1.82) is 0 Å². The van der Waals surface area contributed by atoms with Crippen LogP contribution in [-0.2, 0) is 4.79 Å². The highest BCUT2D eigenvalue weighted by atomic mass is 19.1. The van der Waals surface area contributed by atoms with Crippen LogP contribution in [0.25, 0.3) is 5.57 Å². The summed E-state index contributed by atoms with van der Waals surface area (Å²) < 4.78 is 14.3. The molecule has 30 heavy (non-hydrogen) atoms. The van der Waals surface area contributed by atoms with Crippen LogP contribution >= 0.6 is 0 Å². The summed E-state index contributed by atoms with van der Waals surface area (Å²) in [5, 5.41) is 0. The monoisotopic (exact) mass is 406 g/mol. The van der Waals surface area contributed by atoms with E-state index in [1.54, 1.807) is 23.1 Å². The molecule has 2 aliphatic rings. The van der Waals surface area contributed by atoms with Crippen molar-refractivity contribution in [3.05, 3.63) is 77.6 Å². The largest absolute Gasteiger partial charge is 0.334 e. The third-order valence-electron chi connectivity index (χ3n) is 5.98. The molecule has 2 atom stereocenters. The Morgan fingerprint density at radius 2 is 1.97 bits per heavy atom. The first-order chi connectivity index (χ1) is 14.4. The lowest BCUT2D eigenvalue weighted by molar-refractivity contribution is -0.136. The van der Waals surface area contributed by atoms with Gasteiger partial charge in [-0.05, 0) is 59.7 Å². The van der Waals surface area contributed by atoms with Crippen molar-refractivity contribution < 1.29 is 14.0 Å². The fourth-order valence-corrected chi connectivity index (χ4v) is 4.66. The number of benzene rings is 2. The predicted molar refractivity (Wildman–Crippen MR) is 115 cm³/mol. The molecule has 4 rings (SSSR count). The Labute approximate surface area is 177 Å². The zero-order chi connectivity index (χ0) is 21.4. The van der Waals surface area contributed by atoms with Crippen LogP contribution in [0.3, 0.4) is 0 Å². The molecule has 0 bridgehead atoms. The van der Waals surface area contributed by atoms with Gasteiger partial charge in [-0.2, -0.15) is 0 Å². The van der Waals surface area contributed by atoms with Crippen LogP contribution in [0.1, 0.15) is 54.2 Å². The minimum Gasteiger partial charge on any atom is -0.334 e. The van der Waals surface area contributed by atoms with Crippen LogP contribution < -0.4 is 0 Å². The van der Waals surface area contributed by atoms with Gasteiger partial charge in [0.1, 0.15) is 11.9 Å². The van der Waals surface area contributed by atoms with E-state index >= 15 is 0 Å². The number of amides is 2. The minimum absolute atomic E-state index is 0.0977. The number of nitrogens with zero attached hydrogens (tertiary/aromatic N) is 2. The van der Waals surface area contributed by atoms with E-state index in [4.69, 9.17) is 0 Å². The van der Waals surface area contributed by atoms with Gasteiger partial charge in [-0.15, -0.1) is 0 Å². The lowest BCUT2D eigenvalue weighted by Crippen LogP contribution is -2.47. The molecular weight excluding hydrogens is 379 g/mol. The molecule has 156 valence electrons. The van der Waals surface area contributed by atoms with Gasteiger partial charge in [-0.3, -0.25) is 9.59 Å². The van der Waals surface area contributed by atoms with E-state index in [2.05, 4.69) is 6.58 Å². The van der Waals surface area contributed by atoms with Crippen molar-refractivity contribution in [3.63, 3.8) is 0 Å². The third-order valence-corrected chi connectivity index (χ3v) is 5.98. The quantitative estimate of drug-likeness (QED) is 0.740. The van der Waals surface area contributed by atoms with Crippen molar-refractivity contribution >= 4 is 17.4 Å². The van der Waals surface area contributed by atoms with E-state index in [9.17, 15) is 14.0 Å². The zero-order valence-corrected chi connectivity index (χ0v) is 17.5. The van der Waals surface area contributed by atoms with Crippen molar-refractivity contribution in [2.75, 3.05) is 13.1 Å². The maximum Gasteiger partial charge on any atom is 0.254 e. The zero-order valence-electron chi connectivity index (χ0n) is 17.5. The van der Waals surface area contributed by atoms with Gasteiger partial charge < -0.3 is 9.80 Å². The average molecular weight is 407 g/mol. The number of hydrogen-bond donors (Lipinski definition) is 0. The van der Waals surface area contributed by atoms with E-state index in [-0.39, 0.29) is 23.8 Å². The molecule has 0 spiro atoms. The molecule has 2 aliphatic heterocycles. The summed E-state index contributed by atoms with van der Waals surface area (Å²) in [7, 11) is 0. The Hall–Kier alpha value is -2.95. The molecule has 2 aromatic rings. The Balaban J connectivity index is 1.88. The van der Waals surface area contributed by atoms with Gasteiger partial charge in [0.05, 0.1) is 6.04 Å². The molecule has 4 nitrogen and oxygen atoms in total. The first-order valence-electron chi connectivity index (χ1n) is 10.5. The number of fused-ring (bicyclic) bond motifs is 2. The first-order valence-corrected chi connectivity index (χ1v) is 10.5. The minimum atomic E-state index is -0.870. The first kappa shape index (κ1) is 20.3. The molecule has 0 aromatic heterocycles. The Kier molecular flexibility index (Phi) is 5.46. The third kappa shape index (κ3) is 3.53. The summed E-state index contributed by atoms with van der Waals surface area (Å²) in [6.45, 7) is 9.30. The Morgan fingerprint density at radius 3 is 2.67 bits per heavy atom. The van der Waals surface area contributed by atoms with Gasteiger partial charge in [0, 0.05) is 18.7 Å². The maximum absolute atomic E-state index is 14.3. The number of rotatable bonds is 4. The molecular formula is C25H27FN2O2. The number of halogens is 1. The highest BCUT2D eigenvalue weighted by Crippen LogP contribution is 2.41. The summed E-state index contributed by atoms with van der Waals surface area (Å²) in [4.78, 5) is 30.8. The van der Waals surface area contributed by atoms with Crippen LogP contribution in [0.4, 0.5) is 4.39 Å². The molecule has 5 heteroatoms. The van der Waals surface area contributed by atoms with Crippen LogP contribution in [0.15, 0.2) is 55.1 Å². The van der Waals surface area contributed by atoms with Gasteiger partial charge in [-0.1, -0.05) is 44.7 Å². The fraction of sp³-hybridized carbons (Fsp3) is 0.360. The lowest BCUT2D eigenvalue weighted by Gasteiger charge is -2.35. The number of hydrogen-bond acceptors (Lipinski definition) is 2. The van der Waals surface area contributed by atoms with Crippen molar-refractivity contribution in [2.24, 2.45) is 5.92 Å². The topological polar surface area (TPSA) is 40.6 Å². The van der Waals surface area contributed by atoms with Crippen molar-refractivity contribution in [3.8, 4) is 0 Å². The maximum atomic E-state index is 14.3. The molecule has 1 saturated heterocycles.